The predicted octanol–water partition coefficient (Wildman–Crippen LogP) is 0.889. The van der Waals surface area contributed by atoms with E-state index in [1.165, 1.54) is 0 Å². The molecule has 7 nitrogen and oxygen atoms in total. The van der Waals surface area contributed by atoms with Crippen LogP contribution in [0.4, 0.5) is 0 Å². The molecule has 27 heavy (non-hydrogen) atoms. The number of aliphatic hydroxyl groups is 1. The number of benzene rings is 2. The number of fused-ring (bicyclic) bond motifs is 2. The fraction of sp³-hybridized carbons (Fsp3) is 0.400. The van der Waals surface area contributed by atoms with E-state index in [4.69, 9.17) is 18.9 Å². The number of carbonyl (C=O) groups excluding carboxylic acids is 2. The molecular formula is C20H14O7. The van der Waals surface area contributed by atoms with Crippen LogP contribution in [0.2, 0.25) is 0 Å². The Balaban J connectivity index is 1.50. The van der Waals surface area contributed by atoms with Gasteiger partial charge in [0, 0.05) is 6.42 Å². The van der Waals surface area contributed by atoms with Crippen LogP contribution < -0.4 is 9.47 Å². The molecule has 0 aromatic heterocycles. The van der Waals surface area contributed by atoms with Crippen molar-refractivity contribution >= 4 is 22.3 Å². The summed E-state index contributed by atoms with van der Waals surface area (Å²) in [6.45, 7) is 0. The molecule has 136 valence electrons. The first-order chi connectivity index (χ1) is 13.1. The highest BCUT2D eigenvalue weighted by molar-refractivity contribution is 6.12. The van der Waals surface area contributed by atoms with E-state index in [0.717, 1.165) is 10.8 Å². The third-order valence-corrected chi connectivity index (χ3v) is 6.63. The van der Waals surface area contributed by atoms with E-state index < -0.39 is 35.3 Å². The largest absolute Gasteiger partial charge is 0.446 e. The zero-order valence-electron chi connectivity index (χ0n) is 14.0. The van der Waals surface area contributed by atoms with Crippen molar-refractivity contribution in [1.82, 2.24) is 0 Å². The van der Waals surface area contributed by atoms with Gasteiger partial charge in [-0.15, -0.1) is 0 Å². The minimum absolute atomic E-state index is 0.0912. The molecule has 7 heteroatoms. The number of Topliss-reactive ketones (excluding diaryl/α,β-unsaturated/α-hetero) is 2. The summed E-state index contributed by atoms with van der Waals surface area (Å²) in [5.74, 6) is -1.20. The zero-order valence-corrected chi connectivity index (χ0v) is 14.0. The van der Waals surface area contributed by atoms with E-state index in [1.807, 2.05) is 24.3 Å². The summed E-state index contributed by atoms with van der Waals surface area (Å²) in [7, 11) is 0. The lowest BCUT2D eigenvalue weighted by atomic mass is 9.64. The maximum Gasteiger partial charge on any atom is 0.321 e. The molecule has 2 aromatic carbocycles. The van der Waals surface area contributed by atoms with Crippen molar-refractivity contribution in [3.63, 3.8) is 0 Å². The van der Waals surface area contributed by atoms with Crippen molar-refractivity contribution in [2.24, 2.45) is 0 Å². The third kappa shape index (κ3) is 1.27. The lowest BCUT2D eigenvalue weighted by Crippen LogP contribution is -2.73. The second kappa shape index (κ2) is 4.01. The number of hydrogen-bond acceptors (Lipinski definition) is 7. The number of rotatable bonds is 0. The molecule has 4 fully saturated rings. The van der Waals surface area contributed by atoms with E-state index in [1.54, 1.807) is 12.1 Å². The van der Waals surface area contributed by atoms with E-state index in [0.29, 0.717) is 11.5 Å². The maximum atomic E-state index is 13.1. The molecule has 2 saturated carbocycles. The van der Waals surface area contributed by atoms with Gasteiger partial charge in [-0.1, -0.05) is 24.3 Å². The smallest absolute Gasteiger partial charge is 0.321 e. The van der Waals surface area contributed by atoms with E-state index in [-0.39, 0.29) is 24.4 Å². The molecule has 0 amide bonds. The van der Waals surface area contributed by atoms with Crippen LogP contribution in [0, 0.1) is 0 Å². The second-order valence-electron chi connectivity index (χ2n) is 7.82. The average molecular weight is 366 g/mol. The van der Waals surface area contributed by atoms with Crippen LogP contribution in [0.15, 0.2) is 36.4 Å². The number of epoxide rings is 2. The van der Waals surface area contributed by atoms with E-state index in [2.05, 4.69) is 0 Å². The molecule has 3 aliphatic heterocycles. The minimum atomic E-state index is -1.68. The summed E-state index contributed by atoms with van der Waals surface area (Å²) in [6.07, 6.45) is -2.38. The van der Waals surface area contributed by atoms with Gasteiger partial charge in [-0.25, -0.2) is 0 Å². The molecular weight excluding hydrogens is 352 g/mol. The Labute approximate surface area is 152 Å². The standard InChI is InChI=1S/C20H14O7/c21-12-7-8-13(22)19-18(12,27-19)16(23)15-17(24-15)20(19)25-10-5-1-3-9-4-2-6-11(26-20)14(9)10/h1-6,12,15,17,21H,7-8H2/t12-,15+,17+,18-,19-/m0/s1. The van der Waals surface area contributed by atoms with Crippen LogP contribution in [0.3, 0.4) is 0 Å². The van der Waals surface area contributed by atoms with Crippen LogP contribution in [0.25, 0.3) is 10.8 Å². The van der Waals surface area contributed by atoms with Gasteiger partial charge in [-0.3, -0.25) is 9.59 Å². The molecule has 2 aliphatic carbocycles. The van der Waals surface area contributed by atoms with Gasteiger partial charge in [0.2, 0.25) is 17.0 Å². The van der Waals surface area contributed by atoms with Crippen molar-refractivity contribution in [3.05, 3.63) is 36.4 Å². The number of carbonyl (C=O) groups is 2. The van der Waals surface area contributed by atoms with E-state index in [9.17, 15) is 14.7 Å². The Morgan fingerprint density at radius 2 is 1.74 bits per heavy atom. The van der Waals surface area contributed by atoms with Gasteiger partial charge in [-0.05, 0) is 23.9 Å². The summed E-state index contributed by atoms with van der Waals surface area (Å²) >= 11 is 0. The Hall–Kier alpha value is -2.48. The first kappa shape index (κ1) is 14.6. The molecule has 0 radical (unpaired) electrons. The van der Waals surface area contributed by atoms with Crippen LogP contribution >= 0.6 is 0 Å². The fourth-order valence-corrected chi connectivity index (χ4v) is 5.41. The topological polar surface area (TPSA) is 97.9 Å². The molecule has 5 atom stereocenters. The molecule has 1 spiro atoms. The lowest BCUT2D eigenvalue weighted by molar-refractivity contribution is -0.194. The predicted molar refractivity (Wildman–Crippen MR) is 88.4 cm³/mol. The normalized spacial score (nSPS) is 41.9. The van der Waals surface area contributed by atoms with E-state index >= 15 is 0 Å². The average Bonchev–Trinajstić information content (AvgIpc) is 3.57. The SMILES string of the molecule is O=C1[C@H]2O[C@H]2C2(Oc3cccc4cccc(c34)O2)[C@@]23O[C@@]12[C@@H](O)CCC3=O. The molecule has 3 heterocycles. The summed E-state index contributed by atoms with van der Waals surface area (Å²) in [5.41, 5.74) is -3.32. The van der Waals surface area contributed by atoms with Gasteiger partial charge in [-0.2, -0.15) is 0 Å². The van der Waals surface area contributed by atoms with Gasteiger partial charge in [0.15, 0.2) is 18.0 Å². The highest BCUT2D eigenvalue weighted by Crippen LogP contribution is 2.71. The molecule has 7 rings (SSSR count). The van der Waals surface area contributed by atoms with Crippen molar-refractivity contribution in [2.75, 3.05) is 0 Å². The van der Waals surface area contributed by atoms with Gasteiger partial charge in [0.1, 0.15) is 11.5 Å². The molecule has 2 saturated heterocycles. The van der Waals surface area contributed by atoms with Crippen molar-refractivity contribution in [3.8, 4) is 11.5 Å². The van der Waals surface area contributed by atoms with Crippen LogP contribution in [0.5, 0.6) is 11.5 Å². The molecule has 1 N–H and O–H groups in total. The Kier molecular flexibility index (Phi) is 2.16. The highest BCUT2D eigenvalue weighted by Gasteiger charge is 3.00. The monoisotopic (exact) mass is 366 g/mol. The lowest BCUT2D eigenvalue weighted by Gasteiger charge is -2.44. The van der Waals surface area contributed by atoms with Crippen LogP contribution in [-0.4, -0.2) is 52.0 Å². The summed E-state index contributed by atoms with van der Waals surface area (Å²) < 4.78 is 24.1. The van der Waals surface area contributed by atoms with Gasteiger partial charge < -0.3 is 24.1 Å². The summed E-state index contributed by atoms with van der Waals surface area (Å²) in [5, 5.41) is 12.4. The quantitative estimate of drug-likeness (QED) is 0.692. The van der Waals surface area contributed by atoms with Gasteiger partial charge in [0.25, 0.3) is 0 Å². The number of ether oxygens (including phenoxy) is 4. The molecule has 0 unspecified atom stereocenters. The molecule has 5 aliphatic rings. The van der Waals surface area contributed by atoms with Crippen molar-refractivity contribution in [1.29, 1.82) is 0 Å². The van der Waals surface area contributed by atoms with Gasteiger partial charge in [0.05, 0.1) is 11.5 Å². The van der Waals surface area contributed by atoms with Crippen LogP contribution in [0.1, 0.15) is 12.8 Å². The highest BCUT2D eigenvalue weighted by atomic mass is 16.8. The summed E-state index contributed by atoms with van der Waals surface area (Å²) in [6, 6.07) is 11.2. The van der Waals surface area contributed by atoms with Crippen molar-refractivity contribution in [2.45, 2.75) is 48.1 Å². The first-order valence-electron chi connectivity index (χ1n) is 9.06. The third-order valence-electron chi connectivity index (χ3n) is 6.63. The fourth-order valence-electron chi connectivity index (χ4n) is 5.41. The maximum absolute atomic E-state index is 13.1. The Morgan fingerprint density at radius 3 is 2.44 bits per heavy atom. The number of aliphatic hydroxyl groups excluding tert-OH is 1. The minimum Gasteiger partial charge on any atom is -0.446 e. The Bertz CT molecular complexity index is 1050. The van der Waals surface area contributed by atoms with Crippen molar-refractivity contribution < 1.29 is 33.6 Å². The second-order valence-corrected chi connectivity index (χ2v) is 7.82. The Morgan fingerprint density at radius 1 is 1.04 bits per heavy atom. The molecule has 2 aromatic rings. The first-order valence-corrected chi connectivity index (χ1v) is 9.06. The number of hydrogen-bond donors (Lipinski definition) is 1. The number of ketones is 2. The van der Waals surface area contributed by atoms with Crippen LogP contribution in [-0.2, 0) is 19.1 Å². The zero-order chi connectivity index (χ0) is 18.2. The van der Waals surface area contributed by atoms with Gasteiger partial charge >= 0.3 is 5.79 Å². The summed E-state index contributed by atoms with van der Waals surface area (Å²) in [4.78, 5) is 26.0. The molecule has 0 bridgehead atoms.